The first-order valence-corrected chi connectivity index (χ1v) is 12.4. The Morgan fingerprint density at radius 1 is 1.00 bits per heavy atom. The van der Waals surface area contributed by atoms with Crippen LogP contribution in [0, 0.1) is 11.8 Å². The maximum atomic E-state index is 14.1. The maximum absolute atomic E-state index is 14.1. The minimum atomic E-state index is -4.98. The van der Waals surface area contributed by atoms with Crippen LogP contribution in [-0.4, -0.2) is 18.2 Å². The van der Waals surface area contributed by atoms with Crippen molar-refractivity contribution in [2.75, 3.05) is 13.1 Å². The summed E-state index contributed by atoms with van der Waals surface area (Å²) < 4.78 is 53.1. The molecule has 0 amide bonds. The lowest BCUT2D eigenvalue weighted by Gasteiger charge is -2.24. The van der Waals surface area contributed by atoms with Gasteiger partial charge < -0.3 is 19.2 Å². The molecule has 1 aromatic heterocycles. The van der Waals surface area contributed by atoms with Crippen LogP contribution in [0.1, 0.15) is 57.9 Å². The molecule has 2 N–H and O–H groups in total. The topological polar surface area (TPSA) is 64.1 Å². The van der Waals surface area contributed by atoms with Crippen LogP contribution in [0.15, 0.2) is 45.6 Å². The molecular weight excluding hydrogens is 471 g/mol. The van der Waals surface area contributed by atoms with Crippen molar-refractivity contribution in [1.29, 1.82) is 0 Å². The predicted molar refractivity (Wildman–Crippen MR) is 134 cm³/mol. The van der Waals surface area contributed by atoms with Gasteiger partial charge in [-0.3, -0.25) is 4.79 Å². The fraction of sp³-hybridized carbons (Fsp3) is 0.464. The molecule has 1 heterocycles. The SMILES string of the molecule is CCCc1ccc(Oc2c(C(F)(F)F)oc3c(C[NH+](CC(C)C)CC(C)C)c(O)ccc3c2=O)cc1. The Morgan fingerprint density at radius 2 is 1.61 bits per heavy atom. The van der Waals surface area contributed by atoms with Crippen molar-refractivity contribution in [2.24, 2.45) is 11.8 Å². The molecule has 0 fully saturated rings. The first kappa shape index (κ1) is 27.6. The minimum Gasteiger partial charge on any atom is -0.507 e. The highest BCUT2D eigenvalue weighted by Crippen LogP contribution is 2.39. The van der Waals surface area contributed by atoms with E-state index in [1.807, 2.05) is 6.92 Å². The van der Waals surface area contributed by atoms with Crippen LogP contribution >= 0.6 is 0 Å². The first-order valence-electron chi connectivity index (χ1n) is 12.4. The molecule has 0 saturated carbocycles. The average molecular weight is 507 g/mol. The molecule has 3 aromatic rings. The number of hydrogen-bond acceptors (Lipinski definition) is 4. The summed E-state index contributed by atoms with van der Waals surface area (Å²) in [6, 6.07) is 9.19. The van der Waals surface area contributed by atoms with Crippen LogP contribution in [0.4, 0.5) is 13.2 Å². The van der Waals surface area contributed by atoms with Crippen molar-refractivity contribution in [1.82, 2.24) is 0 Å². The first-order chi connectivity index (χ1) is 16.9. The van der Waals surface area contributed by atoms with Gasteiger partial charge in [0.1, 0.15) is 18.0 Å². The average Bonchev–Trinajstić information content (AvgIpc) is 2.77. The molecule has 8 heteroatoms. The summed E-state index contributed by atoms with van der Waals surface area (Å²) in [5.41, 5.74) is 0.00276. The van der Waals surface area contributed by atoms with Gasteiger partial charge in [-0.2, -0.15) is 13.2 Å². The van der Waals surface area contributed by atoms with Crippen LogP contribution in [0.25, 0.3) is 11.0 Å². The summed E-state index contributed by atoms with van der Waals surface area (Å²) in [6.45, 7) is 12.0. The van der Waals surface area contributed by atoms with Gasteiger partial charge in [0.25, 0.3) is 5.76 Å². The standard InChI is InChI=1S/C28H34F3NO4/c1-6-7-19-8-10-20(11-9-19)35-26-24(34)21-12-13-23(33)22(25(21)36-27(26)28(29,30)31)16-32(14-17(2)3)15-18(4)5/h8-13,17-18,33H,6-7,14-16H2,1-5H3/p+1. The Kier molecular flexibility index (Phi) is 8.71. The van der Waals surface area contributed by atoms with Gasteiger partial charge in [0, 0.05) is 11.8 Å². The molecule has 0 saturated heterocycles. The molecule has 2 aromatic carbocycles. The largest absolute Gasteiger partial charge is 0.507 e. The van der Waals surface area contributed by atoms with Crippen molar-refractivity contribution < 1.29 is 32.3 Å². The van der Waals surface area contributed by atoms with Crippen molar-refractivity contribution in [3.63, 3.8) is 0 Å². The summed E-state index contributed by atoms with van der Waals surface area (Å²) in [4.78, 5) is 14.4. The Hall–Kier alpha value is -3.00. The number of phenols is 1. The van der Waals surface area contributed by atoms with E-state index in [-0.39, 0.29) is 34.6 Å². The van der Waals surface area contributed by atoms with Gasteiger partial charge in [0.2, 0.25) is 11.2 Å². The van der Waals surface area contributed by atoms with E-state index in [1.54, 1.807) is 12.1 Å². The number of hydrogen-bond donors (Lipinski definition) is 2. The van der Waals surface area contributed by atoms with Gasteiger partial charge in [-0.25, -0.2) is 0 Å². The zero-order chi connectivity index (χ0) is 26.6. The third-order valence-electron chi connectivity index (χ3n) is 5.86. The number of aryl methyl sites for hydroxylation is 1. The van der Waals surface area contributed by atoms with Crippen LogP contribution in [0.2, 0.25) is 0 Å². The summed E-state index contributed by atoms with van der Waals surface area (Å²) in [6.07, 6.45) is -3.23. The number of halogens is 3. The van der Waals surface area contributed by atoms with Crippen molar-refractivity contribution in [3.05, 3.63) is 63.5 Å². The highest BCUT2D eigenvalue weighted by Gasteiger charge is 2.41. The van der Waals surface area contributed by atoms with Gasteiger partial charge in [-0.15, -0.1) is 0 Å². The molecule has 196 valence electrons. The number of aromatic hydroxyl groups is 1. The summed E-state index contributed by atoms with van der Waals surface area (Å²) in [7, 11) is 0. The lowest BCUT2D eigenvalue weighted by Crippen LogP contribution is -3.11. The lowest BCUT2D eigenvalue weighted by atomic mass is 10.1. The van der Waals surface area contributed by atoms with E-state index in [2.05, 4.69) is 27.7 Å². The number of ether oxygens (including phenoxy) is 1. The third kappa shape index (κ3) is 6.60. The number of fused-ring (bicyclic) bond motifs is 1. The Bertz CT molecular complexity index is 1220. The van der Waals surface area contributed by atoms with E-state index in [0.717, 1.165) is 36.4 Å². The summed E-state index contributed by atoms with van der Waals surface area (Å²) in [5, 5.41) is 10.5. The fourth-order valence-corrected chi connectivity index (χ4v) is 4.50. The van der Waals surface area contributed by atoms with Crippen LogP contribution in [0.3, 0.4) is 0 Å². The van der Waals surface area contributed by atoms with Crippen LogP contribution in [-0.2, 0) is 19.1 Å². The number of phenolic OH excluding ortho intramolecular Hbond substituents is 1. The minimum absolute atomic E-state index is 0.0677. The van der Waals surface area contributed by atoms with Gasteiger partial charge in [0.15, 0.2) is 5.58 Å². The zero-order valence-corrected chi connectivity index (χ0v) is 21.5. The lowest BCUT2D eigenvalue weighted by molar-refractivity contribution is -0.919. The third-order valence-corrected chi connectivity index (χ3v) is 5.86. The second-order valence-electron chi connectivity index (χ2n) is 10.1. The van der Waals surface area contributed by atoms with Gasteiger partial charge in [-0.05, 0) is 36.2 Å². The van der Waals surface area contributed by atoms with Crippen molar-refractivity contribution in [3.8, 4) is 17.2 Å². The molecule has 0 aliphatic heterocycles. The smallest absolute Gasteiger partial charge is 0.453 e. The van der Waals surface area contributed by atoms with Crippen LogP contribution in [0.5, 0.6) is 17.2 Å². The highest BCUT2D eigenvalue weighted by atomic mass is 19.4. The molecule has 0 bridgehead atoms. The van der Waals surface area contributed by atoms with E-state index in [0.29, 0.717) is 11.8 Å². The summed E-state index contributed by atoms with van der Waals surface area (Å²) >= 11 is 0. The van der Waals surface area contributed by atoms with E-state index in [9.17, 15) is 23.1 Å². The second-order valence-corrected chi connectivity index (χ2v) is 10.1. The fourth-order valence-electron chi connectivity index (χ4n) is 4.50. The summed E-state index contributed by atoms with van der Waals surface area (Å²) in [5.74, 6) is -1.86. The number of nitrogens with one attached hydrogen (secondary N) is 1. The molecule has 0 aliphatic carbocycles. The van der Waals surface area contributed by atoms with Gasteiger partial charge in [0.05, 0.1) is 24.0 Å². The van der Waals surface area contributed by atoms with E-state index in [1.165, 1.54) is 24.3 Å². The van der Waals surface area contributed by atoms with Crippen LogP contribution < -0.4 is 15.1 Å². The molecule has 0 atom stereocenters. The van der Waals surface area contributed by atoms with Gasteiger partial charge >= 0.3 is 6.18 Å². The number of alkyl halides is 3. The Labute approximate surface area is 209 Å². The van der Waals surface area contributed by atoms with Gasteiger partial charge in [-0.1, -0.05) is 53.2 Å². The monoisotopic (exact) mass is 506 g/mol. The number of quaternary nitrogens is 1. The maximum Gasteiger partial charge on any atom is 0.453 e. The van der Waals surface area contributed by atoms with E-state index in [4.69, 9.17) is 9.15 Å². The van der Waals surface area contributed by atoms with Crippen molar-refractivity contribution in [2.45, 2.75) is 60.2 Å². The number of rotatable bonds is 10. The molecule has 5 nitrogen and oxygen atoms in total. The van der Waals surface area contributed by atoms with E-state index < -0.39 is 23.1 Å². The Morgan fingerprint density at radius 3 is 2.14 bits per heavy atom. The molecular formula is C28H35F3NO4+. The molecule has 0 spiro atoms. The second kappa shape index (κ2) is 11.4. The molecule has 0 radical (unpaired) electrons. The molecule has 0 aliphatic rings. The predicted octanol–water partition coefficient (Wildman–Crippen LogP) is 5.96. The molecule has 36 heavy (non-hydrogen) atoms. The van der Waals surface area contributed by atoms with E-state index >= 15 is 0 Å². The Balaban J connectivity index is 2.14. The zero-order valence-electron chi connectivity index (χ0n) is 21.5. The highest BCUT2D eigenvalue weighted by molar-refractivity contribution is 5.83. The quantitative estimate of drug-likeness (QED) is 0.356. The van der Waals surface area contributed by atoms with Crippen molar-refractivity contribution >= 4 is 11.0 Å². The molecule has 3 rings (SSSR count). The normalized spacial score (nSPS) is 12.3. The number of benzene rings is 2. The molecule has 0 unspecified atom stereocenters.